The van der Waals surface area contributed by atoms with Crippen molar-refractivity contribution in [1.29, 1.82) is 0 Å². The molecule has 1 aromatic heterocycles. The van der Waals surface area contributed by atoms with Crippen LogP contribution in [0.1, 0.15) is 41.8 Å². The van der Waals surface area contributed by atoms with Crippen LogP contribution in [-0.2, 0) is 19.1 Å². The number of aryl methyl sites for hydroxylation is 1. The first-order valence-electron chi connectivity index (χ1n) is 8.24. The molecular formula is C18H21F3N2O. The number of nitrogens with zero attached hydrogens (tertiary/aromatic N) is 1. The average Bonchev–Trinajstić information content (AvgIpc) is 3.14. The lowest BCUT2D eigenvalue weighted by Crippen LogP contribution is -2.33. The number of rotatable bonds is 5. The lowest BCUT2D eigenvalue weighted by Gasteiger charge is -2.21. The molecule has 1 fully saturated rings. The molecule has 1 saturated carbocycles. The maximum Gasteiger partial charge on any atom is 0.416 e. The highest BCUT2D eigenvalue weighted by Crippen LogP contribution is 2.33. The normalized spacial score (nSPS) is 21.3. The topological polar surface area (TPSA) is 38.1 Å². The smallest absolute Gasteiger partial charge is 0.361 e. The third-order valence-electron chi connectivity index (χ3n) is 4.68. The van der Waals surface area contributed by atoms with E-state index in [1.54, 1.807) is 12.1 Å². The molecule has 0 spiro atoms. The minimum atomic E-state index is -4.31. The molecule has 0 bridgehead atoms. The van der Waals surface area contributed by atoms with Crippen molar-refractivity contribution in [3.8, 4) is 0 Å². The molecule has 1 aliphatic rings. The zero-order valence-corrected chi connectivity index (χ0v) is 13.6. The van der Waals surface area contributed by atoms with Gasteiger partial charge in [0, 0.05) is 25.1 Å². The summed E-state index contributed by atoms with van der Waals surface area (Å²) in [5.74, 6) is 1.22. The molecule has 130 valence electrons. The quantitative estimate of drug-likeness (QED) is 0.872. The van der Waals surface area contributed by atoms with E-state index in [9.17, 15) is 13.2 Å². The van der Waals surface area contributed by atoms with Gasteiger partial charge in [-0.3, -0.25) is 0 Å². The molecule has 2 atom stereocenters. The van der Waals surface area contributed by atoms with Crippen molar-refractivity contribution < 1.29 is 17.7 Å². The summed E-state index contributed by atoms with van der Waals surface area (Å²) in [6.45, 7) is 2.11. The molecular weight excluding hydrogens is 317 g/mol. The van der Waals surface area contributed by atoms with E-state index in [2.05, 4.69) is 10.5 Å². The molecule has 3 nitrogen and oxygen atoms in total. The number of hydrogen-bond donors (Lipinski definition) is 1. The van der Waals surface area contributed by atoms with Crippen LogP contribution in [0.4, 0.5) is 13.2 Å². The fraction of sp³-hybridized carbons (Fsp3) is 0.500. The van der Waals surface area contributed by atoms with Gasteiger partial charge in [-0.1, -0.05) is 29.8 Å². The van der Waals surface area contributed by atoms with Gasteiger partial charge in [-0.15, -0.1) is 0 Å². The highest BCUT2D eigenvalue weighted by atomic mass is 19.4. The average molecular weight is 338 g/mol. The highest BCUT2D eigenvalue weighted by molar-refractivity contribution is 5.29. The van der Waals surface area contributed by atoms with Gasteiger partial charge in [0.25, 0.3) is 0 Å². The number of benzene rings is 1. The Morgan fingerprint density at radius 1 is 1.25 bits per heavy atom. The molecule has 0 aliphatic heterocycles. The lowest BCUT2D eigenvalue weighted by molar-refractivity contribution is -0.138. The zero-order chi connectivity index (χ0) is 17.2. The molecule has 1 aliphatic carbocycles. The van der Waals surface area contributed by atoms with Crippen molar-refractivity contribution in [3.05, 3.63) is 52.9 Å². The van der Waals surface area contributed by atoms with Crippen LogP contribution in [-0.4, -0.2) is 11.2 Å². The van der Waals surface area contributed by atoms with Crippen LogP contribution >= 0.6 is 0 Å². The molecule has 0 radical (unpaired) electrons. The van der Waals surface area contributed by atoms with Crippen molar-refractivity contribution in [2.45, 2.75) is 51.4 Å². The Balaban J connectivity index is 1.64. The minimum Gasteiger partial charge on any atom is -0.361 e. The van der Waals surface area contributed by atoms with Crippen LogP contribution in [0.5, 0.6) is 0 Å². The van der Waals surface area contributed by atoms with Crippen LogP contribution in [0, 0.1) is 12.8 Å². The Labute approximate surface area is 139 Å². The summed E-state index contributed by atoms with van der Waals surface area (Å²) in [6.07, 6.45) is -0.426. The van der Waals surface area contributed by atoms with Gasteiger partial charge in [0.1, 0.15) is 5.76 Å². The highest BCUT2D eigenvalue weighted by Gasteiger charge is 2.33. The third kappa shape index (κ3) is 3.98. The van der Waals surface area contributed by atoms with Gasteiger partial charge in [-0.25, -0.2) is 0 Å². The number of alkyl halides is 3. The van der Waals surface area contributed by atoms with Crippen LogP contribution in [0.3, 0.4) is 0 Å². The lowest BCUT2D eigenvalue weighted by atomic mass is 9.97. The molecule has 24 heavy (non-hydrogen) atoms. The first-order valence-corrected chi connectivity index (χ1v) is 8.24. The van der Waals surface area contributed by atoms with Crippen LogP contribution in [0.15, 0.2) is 34.9 Å². The van der Waals surface area contributed by atoms with Gasteiger partial charge in [0.15, 0.2) is 0 Å². The van der Waals surface area contributed by atoms with Crippen LogP contribution in [0.2, 0.25) is 0 Å². The van der Waals surface area contributed by atoms with E-state index >= 15 is 0 Å². The largest absolute Gasteiger partial charge is 0.416 e. The Morgan fingerprint density at radius 3 is 2.75 bits per heavy atom. The van der Waals surface area contributed by atoms with Crippen molar-refractivity contribution in [3.63, 3.8) is 0 Å². The fourth-order valence-electron chi connectivity index (χ4n) is 3.51. The van der Waals surface area contributed by atoms with E-state index in [4.69, 9.17) is 4.52 Å². The first kappa shape index (κ1) is 17.0. The fourth-order valence-corrected chi connectivity index (χ4v) is 3.51. The van der Waals surface area contributed by atoms with Gasteiger partial charge in [-0.2, -0.15) is 13.2 Å². The Kier molecular flexibility index (Phi) is 4.94. The Morgan fingerprint density at radius 2 is 2.04 bits per heavy atom. The number of aromatic nitrogens is 1. The van der Waals surface area contributed by atoms with Crippen LogP contribution < -0.4 is 5.32 Å². The zero-order valence-electron chi connectivity index (χ0n) is 13.6. The Bertz CT molecular complexity index is 681. The molecule has 1 aromatic carbocycles. The third-order valence-corrected chi connectivity index (χ3v) is 4.68. The van der Waals surface area contributed by atoms with Crippen molar-refractivity contribution in [1.82, 2.24) is 10.5 Å². The maximum atomic E-state index is 13.1. The van der Waals surface area contributed by atoms with E-state index in [-0.39, 0.29) is 12.6 Å². The number of halogens is 3. The number of hydrogen-bond acceptors (Lipinski definition) is 3. The summed E-state index contributed by atoms with van der Waals surface area (Å²) in [7, 11) is 0. The van der Waals surface area contributed by atoms with E-state index < -0.39 is 11.7 Å². The molecule has 2 aromatic rings. The summed E-state index contributed by atoms with van der Waals surface area (Å²) in [6, 6.07) is 7.89. The van der Waals surface area contributed by atoms with Gasteiger partial charge in [0.05, 0.1) is 11.3 Å². The van der Waals surface area contributed by atoms with Gasteiger partial charge in [0.2, 0.25) is 0 Å². The van der Waals surface area contributed by atoms with E-state index in [1.807, 2.05) is 13.0 Å². The molecule has 0 amide bonds. The number of nitrogens with one attached hydrogen (secondary N) is 1. The second-order valence-corrected chi connectivity index (χ2v) is 6.47. The summed E-state index contributed by atoms with van der Waals surface area (Å²) in [5, 5.41) is 7.22. The van der Waals surface area contributed by atoms with E-state index in [0.717, 1.165) is 43.2 Å². The predicted octanol–water partition coefficient (Wildman–Crippen LogP) is 4.50. The van der Waals surface area contributed by atoms with Gasteiger partial charge in [-0.05, 0) is 37.3 Å². The molecule has 0 unspecified atom stereocenters. The van der Waals surface area contributed by atoms with Crippen molar-refractivity contribution in [2.24, 2.45) is 5.92 Å². The monoisotopic (exact) mass is 338 g/mol. The molecule has 6 heteroatoms. The van der Waals surface area contributed by atoms with Crippen molar-refractivity contribution >= 4 is 0 Å². The SMILES string of the molecule is Cc1cc(C[C@@H]2CCC[C@H]2NCc2ccccc2C(F)(F)F)on1. The summed E-state index contributed by atoms with van der Waals surface area (Å²) in [5.41, 5.74) is 0.593. The minimum absolute atomic E-state index is 0.205. The molecule has 0 saturated heterocycles. The van der Waals surface area contributed by atoms with Crippen molar-refractivity contribution in [2.75, 3.05) is 0 Å². The Hall–Kier alpha value is -1.82. The first-order chi connectivity index (χ1) is 11.4. The summed E-state index contributed by atoms with van der Waals surface area (Å²) in [4.78, 5) is 0. The predicted molar refractivity (Wildman–Crippen MR) is 84.4 cm³/mol. The summed E-state index contributed by atoms with van der Waals surface area (Å²) < 4.78 is 44.5. The van der Waals surface area contributed by atoms with E-state index in [1.165, 1.54) is 6.07 Å². The maximum absolute atomic E-state index is 13.1. The molecule has 1 N–H and O–H groups in total. The standard InChI is InChI=1S/C18H21F3N2O/c1-12-9-15(24-23-12)10-13-6-4-8-17(13)22-11-14-5-2-3-7-16(14)18(19,20)21/h2-3,5,7,9,13,17,22H,4,6,8,10-11H2,1H3/t13-,17+/m0/s1. The van der Waals surface area contributed by atoms with Gasteiger partial charge >= 0.3 is 6.18 Å². The van der Waals surface area contributed by atoms with Crippen LogP contribution in [0.25, 0.3) is 0 Å². The van der Waals surface area contributed by atoms with E-state index in [0.29, 0.717) is 11.5 Å². The van der Waals surface area contributed by atoms with Gasteiger partial charge < -0.3 is 9.84 Å². The molecule has 1 heterocycles. The second kappa shape index (κ2) is 6.97. The second-order valence-electron chi connectivity index (χ2n) is 6.47. The summed E-state index contributed by atoms with van der Waals surface area (Å²) >= 11 is 0. The molecule has 3 rings (SSSR count).